The van der Waals surface area contributed by atoms with Crippen molar-refractivity contribution in [1.82, 2.24) is 9.97 Å². The summed E-state index contributed by atoms with van der Waals surface area (Å²) in [5.74, 6) is -0.808. The third-order valence-electron chi connectivity index (χ3n) is 7.04. The van der Waals surface area contributed by atoms with E-state index in [1.807, 2.05) is 62.4 Å². The van der Waals surface area contributed by atoms with E-state index >= 15 is 0 Å². The SMILES string of the molecule is COc1cc(C2C(C(=O)c3sc(C)nc3C)=C(O)C(=O)N2c2nc3ccc(C)cc3s2)ccc1OCc1ccccc1. The van der Waals surface area contributed by atoms with Crippen molar-refractivity contribution in [2.75, 3.05) is 12.0 Å². The van der Waals surface area contributed by atoms with Gasteiger partial charge < -0.3 is 14.6 Å². The van der Waals surface area contributed by atoms with Crippen molar-refractivity contribution < 1.29 is 24.2 Å². The number of aromatic nitrogens is 2. The van der Waals surface area contributed by atoms with E-state index in [-0.39, 0.29) is 5.57 Å². The summed E-state index contributed by atoms with van der Waals surface area (Å²) in [5, 5.41) is 12.3. The van der Waals surface area contributed by atoms with Crippen LogP contribution < -0.4 is 14.4 Å². The summed E-state index contributed by atoms with van der Waals surface area (Å²) in [6, 6.07) is 19.9. The fourth-order valence-electron chi connectivity index (χ4n) is 5.05. The first kappa shape index (κ1) is 27.6. The molecule has 1 aliphatic heterocycles. The van der Waals surface area contributed by atoms with Gasteiger partial charge in [-0.05, 0) is 61.7 Å². The van der Waals surface area contributed by atoms with Gasteiger partial charge in [0.25, 0.3) is 5.91 Å². The Morgan fingerprint density at radius 1 is 0.976 bits per heavy atom. The number of methoxy groups -OCH3 is 1. The number of anilines is 1. The molecular formula is C32H27N3O5S2. The zero-order valence-electron chi connectivity index (χ0n) is 23.4. The predicted molar refractivity (Wildman–Crippen MR) is 164 cm³/mol. The number of Topliss-reactive ketones (excluding diaryl/α,β-unsaturated/α-hetero) is 1. The second-order valence-corrected chi connectivity index (χ2v) is 12.2. The molecule has 3 aromatic carbocycles. The van der Waals surface area contributed by atoms with E-state index in [2.05, 4.69) is 4.98 Å². The van der Waals surface area contributed by atoms with E-state index in [9.17, 15) is 14.7 Å². The highest BCUT2D eigenvalue weighted by molar-refractivity contribution is 7.22. The molecule has 0 saturated carbocycles. The van der Waals surface area contributed by atoms with E-state index in [0.29, 0.717) is 39.4 Å². The van der Waals surface area contributed by atoms with Crippen molar-refractivity contribution in [2.45, 2.75) is 33.4 Å². The lowest BCUT2D eigenvalue weighted by Crippen LogP contribution is -2.31. The number of fused-ring (bicyclic) bond motifs is 1. The van der Waals surface area contributed by atoms with E-state index in [1.165, 1.54) is 34.7 Å². The first-order valence-electron chi connectivity index (χ1n) is 13.2. The molecule has 1 N–H and O–H groups in total. The van der Waals surface area contributed by atoms with Crippen LogP contribution in [0.3, 0.4) is 0 Å². The molecule has 212 valence electrons. The minimum Gasteiger partial charge on any atom is -0.503 e. The minimum absolute atomic E-state index is 0.0257. The number of carbonyl (C=O) groups excluding carboxylic acids is 2. The fraction of sp³-hybridized carbons (Fsp3) is 0.188. The molecule has 10 heteroatoms. The maximum absolute atomic E-state index is 14.0. The summed E-state index contributed by atoms with van der Waals surface area (Å²) in [6.07, 6.45) is 0. The Kier molecular flexibility index (Phi) is 7.26. The Morgan fingerprint density at radius 3 is 2.48 bits per heavy atom. The lowest BCUT2D eigenvalue weighted by atomic mass is 9.95. The van der Waals surface area contributed by atoms with E-state index in [1.54, 1.807) is 25.1 Å². The van der Waals surface area contributed by atoms with Crippen molar-refractivity contribution in [1.29, 1.82) is 0 Å². The second kappa shape index (κ2) is 11.0. The first-order chi connectivity index (χ1) is 20.2. The second-order valence-electron chi connectivity index (χ2n) is 9.97. The molecule has 0 aliphatic carbocycles. The van der Waals surface area contributed by atoms with Crippen LogP contribution in [0.15, 0.2) is 78.1 Å². The Labute approximate surface area is 250 Å². The third-order valence-corrected chi connectivity index (χ3v) is 9.13. The zero-order valence-corrected chi connectivity index (χ0v) is 25.0. The van der Waals surface area contributed by atoms with Crippen LogP contribution in [0.4, 0.5) is 5.13 Å². The predicted octanol–water partition coefficient (Wildman–Crippen LogP) is 7.05. The van der Waals surface area contributed by atoms with Gasteiger partial charge in [-0.2, -0.15) is 0 Å². The molecule has 1 aliphatic rings. The Balaban J connectivity index is 1.45. The van der Waals surface area contributed by atoms with Crippen LogP contribution >= 0.6 is 22.7 Å². The molecule has 2 aromatic heterocycles. The Morgan fingerprint density at radius 2 is 1.76 bits per heavy atom. The zero-order chi connectivity index (χ0) is 29.5. The maximum Gasteiger partial charge on any atom is 0.296 e. The molecule has 0 saturated heterocycles. The summed E-state index contributed by atoms with van der Waals surface area (Å²) in [4.78, 5) is 38.6. The molecular weight excluding hydrogens is 571 g/mol. The summed E-state index contributed by atoms with van der Waals surface area (Å²) >= 11 is 2.56. The van der Waals surface area contributed by atoms with Crippen LogP contribution in [0.25, 0.3) is 10.2 Å². The van der Waals surface area contributed by atoms with Gasteiger partial charge in [0.15, 0.2) is 22.4 Å². The van der Waals surface area contributed by atoms with E-state index in [4.69, 9.17) is 14.5 Å². The number of nitrogens with zero attached hydrogens (tertiary/aromatic N) is 3. The molecule has 1 amide bonds. The van der Waals surface area contributed by atoms with Crippen molar-refractivity contribution in [3.8, 4) is 11.5 Å². The van der Waals surface area contributed by atoms with Crippen LogP contribution in [0.1, 0.15) is 43.1 Å². The number of aliphatic hydroxyl groups is 1. The molecule has 42 heavy (non-hydrogen) atoms. The average molecular weight is 598 g/mol. The highest BCUT2D eigenvalue weighted by atomic mass is 32.1. The van der Waals surface area contributed by atoms with Crippen LogP contribution in [-0.2, 0) is 11.4 Å². The number of amides is 1. The number of rotatable bonds is 8. The Hall–Kier alpha value is -4.54. The lowest BCUT2D eigenvalue weighted by Gasteiger charge is -2.25. The van der Waals surface area contributed by atoms with E-state index in [0.717, 1.165) is 26.4 Å². The number of aliphatic hydroxyl groups excluding tert-OH is 1. The number of ketones is 1. The number of carbonyl (C=O) groups is 2. The third kappa shape index (κ3) is 4.93. The molecule has 0 fully saturated rings. The quantitative estimate of drug-likeness (QED) is 0.191. The molecule has 6 rings (SSSR count). The standard InChI is InChI=1S/C32H27N3O5S2/c1-17-10-12-22-25(14-17)42-32(34-22)35-27(26(29(37)31(35)38)28(36)30-18(2)33-19(3)41-30)21-11-13-23(24(15-21)39-4)40-16-20-8-6-5-7-9-20/h5-15,27,37H,16H2,1-4H3. The first-order valence-corrected chi connectivity index (χ1v) is 14.9. The Bertz CT molecular complexity index is 1880. The molecule has 3 heterocycles. The molecule has 0 bridgehead atoms. The van der Waals surface area contributed by atoms with Gasteiger partial charge in [0.2, 0.25) is 5.78 Å². The topological polar surface area (TPSA) is 102 Å². The van der Waals surface area contributed by atoms with Crippen molar-refractivity contribution in [3.05, 3.63) is 110 Å². The van der Waals surface area contributed by atoms with Gasteiger partial charge in [-0.1, -0.05) is 53.8 Å². The molecule has 1 atom stereocenters. The van der Waals surface area contributed by atoms with Crippen LogP contribution in [0.2, 0.25) is 0 Å². The van der Waals surface area contributed by atoms with Crippen molar-refractivity contribution in [3.63, 3.8) is 0 Å². The smallest absolute Gasteiger partial charge is 0.296 e. The monoisotopic (exact) mass is 597 g/mol. The van der Waals surface area contributed by atoms with Crippen molar-refractivity contribution in [2.24, 2.45) is 0 Å². The highest BCUT2D eigenvalue weighted by Crippen LogP contribution is 2.46. The van der Waals surface area contributed by atoms with Crippen LogP contribution in [0, 0.1) is 20.8 Å². The highest BCUT2D eigenvalue weighted by Gasteiger charge is 2.46. The normalized spacial score (nSPS) is 15.1. The number of hydrogen-bond donors (Lipinski definition) is 1. The van der Waals surface area contributed by atoms with Crippen LogP contribution in [0.5, 0.6) is 11.5 Å². The van der Waals surface area contributed by atoms with Crippen molar-refractivity contribution >= 4 is 49.7 Å². The number of thiazole rings is 2. The molecule has 8 nitrogen and oxygen atoms in total. The van der Waals surface area contributed by atoms with E-state index < -0.39 is 23.5 Å². The van der Waals surface area contributed by atoms with Gasteiger partial charge in [0.1, 0.15) is 6.61 Å². The van der Waals surface area contributed by atoms with Gasteiger partial charge in [-0.3, -0.25) is 14.5 Å². The van der Waals surface area contributed by atoms with Gasteiger partial charge in [0, 0.05) is 0 Å². The summed E-state index contributed by atoms with van der Waals surface area (Å²) < 4.78 is 12.6. The van der Waals surface area contributed by atoms with Gasteiger partial charge >= 0.3 is 0 Å². The minimum atomic E-state index is -0.953. The summed E-state index contributed by atoms with van der Waals surface area (Å²) in [6.45, 7) is 5.88. The maximum atomic E-state index is 14.0. The fourth-order valence-corrected chi connectivity index (χ4v) is 7.01. The van der Waals surface area contributed by atoms with Gasteiger partial charge in [-0.25, -0.2) is 9.97 Å². The summed E-state index contributed by atoms with van der Waals surface area (Å²) in [7, 11) is 1.53. The number of ether oxygens (including phenoxy) is 2. The summed E-state index contributed by atoms with van der Waals surface area (Å²) in [5.41, 5.74) is 3.87. The average Bonchev–Trinajstić information content (AvgIpc) is 3.64. The molecule has 0 radical (unpaired) electrons. The number of aryl methyl sites for hydroxylation is 3. The van der Waals surface area contributed by atoms with Gasteiger partial charge in [0.05, 0.1) is 44.5 Å². The largest absolute Gasteiger partial charge is 0.503 e. The number of benzene rings is 3. The molecule has 5 aromatic rings. The lowest BCUT2D eigenvalue weighted by molar-refractivity contribution is -0.117. The number of hydrogen-bond acceptors (Lipinski definition) is 9. The van der Waals surface area contributed by atoms with Crippen LogP contribution in [-0.4, -0.2) is 33.9 Å². The molecule has 0 spiro atoms. The van der Waals surface area contributed by atoms with Gasteiger partial charge in [-0.15, -0.1) is 11.3 Å². The molecule has 1 unspecified atom stereocenters.